The Morgan fingerprint density at radius 3 is 2.30 bits per heavy atom. The van der Waals surface area contributed by atoms with Crippen LogP contribution in [-0.4, -0.2) is 41.5 Å². The van der Waals surface area contributed by atoms with Gasteiger partial charge in [0.05, 0.1) is 26.0 Å². The smallest absolute Gasteiger partial charge is 0.241 e. The Kier molecular flexibility index (Phi) is 6.16. The largest absolute Gasteiger partial charge is 0.480 e. The molecule has 20 heavy (non-hydrogen) atoms. The molecule has 0 saturated heterocycles. The number of hydrogen-bond acceptors (Lipinski definition) is 6. The summed E-state index contributed by atoms with van der Waals surface area (Å²) in [5.74, 6) is 0.593. The molecule has 6 heteroatoms. The van der Waals surface area contributed by atoms with E-state index in [0.717, 1.165) is 0 Å². The van der Waals surface area contributed by atoms with Crippen molar-refractivity contribution in [1.29, 1.82) is 0 Å². The van der Waals surface area contributed by atoms with Crippen LogP contribution in [0, 0.1) is 0 Å². The van der Waals surface area contributed by atoms with E-state index in [1.54, 1.807) is 0 Å². The highest BCUT2D eigenvalue weighted by molar-refractivity contribution is 5.26. The fraction of sp³-hybridized carbons (Fsp3) is 0.714. The van der Waals surface area contributed by atoms with E-state index >= 15 is 0 Å². The molecule has 1 atom stereocenters. The summed E-state index contributed by atoms with van der Waals surface area (Å²) in [4.78, 5) is 8.37. The third-order valence-corrected chi connectivity index (χ3v) is 3.53. The number of ether oxygens (including phenoxy) is 3. The van der Waals surface area contributed by atoms with E-state index in [2.05, 4.69) is 9.97 Å². The highest BCUT2D eigenvalue weighted by Gasteiger charge is 2.39. The van der Waals surface area contributed by atoms with E-state index in [9.17, 15) is 5.11 Å². The lowest BCUT2D eigenvalue weighted by Crippen LogP contribution is -2.39. The SMILES string of the molecule is CCOC(CC)(CC)C(O)c1ncc(OC)nc1OC. The van der Waals surface area contributed by atoms with Crippen molar-refractivity contribution in [1.82, 2.24) is 9.97 Å². The van der Waals surface area contributed by atoms with E-state index in [0.29, 0.717) is 31.0 Å². The van der Waals surface area contributed by atoms with Crippen LogP contribution in [-0.2, 0) is 4.74 Å². The maximum absolute atomic E-state index is 10.7. The van der Waals surface area contributed by atoms with Crippen molar-refractivity contribution >= 4 is 0 Å². The maximum atomic E-state index is 10.7. The van der Waals surface area contributed by atoms with Gasteiger partial charge in [-0.2, -0.15) is 4.98 Å². The number of methoxy groups -OCH3 is 2. The number of hydrogen-bond donors (Lipinski definition) is 1. The summed E-state index contributed by atoms with van der Waals surface area (Å²) in [6.45, 7) is 6.38. The molecule has 1 unspecified atom stereocenters. The quantitative estimate of drug-likeness (QED) is 0.788. The standard InChI is InChI=1S/C14H24N2O4/c1-6-14(7-2,20-8-3)12(17)11-13(19-5)16-10(18-4)9-15-11/h9,12,17H,6-8H2,1-5H3. The molecule has 6 nitrogen and oxygen atoms in total. The fourth-order valence-corrected chi connectivity index (χ4v) is 2.26. The maximum Gasteiger partial charge on any atom is 0.241 e. The molecule has 0 aromatic carbocycles. The first-order valence-corrected chi connectivity index (χ1v) is 6.85. The molecule has 114 valence electrons. The van der Waals surface area contributed by atoms with E-state index in [1.165, 1.54) is 20.4 Å². The summed E-state index contributed by atoms with van der Waals surface area (Å²) in [5, 5.41) is 10.7. The van der Waals surface area contributed by atoms with Crippen molar-refractivity contribution in [2.45, 2.75) is 45.3 Å². The molecule has 0 aliphatic rings. The minimum Gasteiger partial charge on any atom is -0.480 e. The predicted octanol–water partition coefficient (Wildman–Crippen LogP) is 2.12. The van der Waals surface area contributed by atoms with Gasteiger partial charge in [0.2, 0.25) is 11.8 Å². The van der Waals surface area contributed by atoms with Gasteiger partial charge in [0, 0.05) is 6.61 Å². The van der Waals surface area contributed by atoms with Crippen molar-refractivity contribution in [2.75, 3.05) is 20.8 Å². The zero-order valence-electron chi connectivity index (χ0n) is 12.8. The van der Waals surface area contributed by atoms with Crippen LogP contribution in [0.3, 0.4) is 0 Å². The normalized spacial score (nSPS) is 13.1. The summed E-state index contributed by atoms with van der Waals surface area (Å²) in [6.07, 6.45) is 1.87. The number of aromatic nitrogens is 2. The van der Waals surface area contributed by atoms with E-state index in [-0.39, 0.29) is 5.88 Å². The van der Waals surface area contributed by atoms with Gasteiger partial charge in [-0.1, -0.05) is 13.8 Å². The van der Waals surface area contributed by atoms with Gasteiger partial charge in [-0.05, 0) is 19.8 Å². The molecule has 1 aromatic heterocycles. The number of aliphatic hydroxyl groups excluding tert-OH is 1. The first-order valence-electron chi connectivity index (χ1n) is 6.85. The first-order chi connectivity index (χ1) is 9.58. The average Bonchev–Trinajstić information content (AvgIpc) is 2.51. The molecular weight excluding hydrogens is 260 g/mol. The molecule has 0 fully saturated rings. The molecule has 1 aromatic rings. The lowest BCUT2D eigenvalue weighted by molar-refractivity contribution is -0.129. The average molecular weight is 284 g/mol. The third-order valence-electron chi connectivity index (χ3n) is 3.53. The van der Waals surface area contributed by atoms with Gasteiger partial charge in [0.1, 0.15) is 11.8 Å². The second-order valence-corrected chi connectivity index (χ2v) is 4.41. The summed E-state index contributed by atoms with van der Waals surface area (Å²) in [5.41, 5.74) is -0.323. The Morgan fingerprint density at radius 2 is 1.85 bits per heavy atom. The topological polar surface area (TPSA) is 73.7 Å². The number of aliphatic hydroxyl groups is 1. The van der Waals surface area contributed by atoms with Gasteiger partial charge in [0.25, 0.3) is 0 Å². The highest BCUT2D eigenvalue weighted by Crippen LogP contribution is 2.37. The van der Waals surface area contributed by atoms with Crippen LogP contribution < -0.4 is 9.47 Å². The van der Waals surface area contributed by atoms with Crippen LogP contribution in [0.4, 0.5) is 0 Å². The van der Waals surface area contributed by atoms with Crippen LogP contribution in [0.1, 0.15) is 45.4 Å². The lowest BCUT2D eigenvalue weighted by Gasteiger charge is -2.36. The van der Waals surface area contributed by atoms with Crippen LogP contribution in [0.25, 0.3) is 0 Å². The van der Waals surface area contributed by atoms with E-state index in [4.69, 9.17) is 14.2 Å². The summed E-state index contributed by atoms with van der Waals surface area (Å²) in [7, 11) is 2.99. The summed E-state index contributed by atoms with van der Waals surface area (Å²) < 4.78 is 16.0. The molecule has 0 saturated carbocycles. The second-order valence-electron chi connectivity index (χ2n) is 4.41. The van der Waals surface area contributed by atoms with Crippen LogP contribution in [0.5, 0.6) is 11.8 Å². The molecule has 0 radical (unpaired) electrons. The molecule has 1 heterocycles. The van der Waals surface area contributed by atoms with E-state index < -0.39 is 11.7 Å². The Hall–Kier alpha value is -1.40. The van der Waals surface area contributed by atoms with Crippen LogP contribution >= 0.6 is 0 Å². The Labute approximate surface area is 120 Å². The van der Waals surface area contributed by atoms with Crippen LogP contribution in [0.2, 0.25) is 0 Å². The van der Waals surface area contributed by atoms with Crippen molar-refractivity contribution in [3.05, 3.63) is 11.9 Å². The minimum atomic E-state index is -0.911. The van der Waals surface area contributed by atoms with Gasteiger partial charge in [-0.15, -0.1) is 0 Å². The van der Waals surface area contributed by atoms with Gasteiger partial charge < -0.3 is 19.3 Å². The molecule has 1 N–H and O–H groups in total. The van der Waals surface area contributed by atoms with E-state index in [1.807, 2.05) is 20.8 Å². The van der Waals surface area contributed by atoms with Gasteiger partial charge in [0.15, 0.2) is 0 Å². The zero-order chi connectivity index (χ0) is 15.2. The second kappa shape index (κ2) is 7.40. The molecule has 0 bridgehead atoms. The van der Waals surface area contributed by atoms with Gasteiger partial charge in [-0.25, -0.2) is 4.98 Å². The van der Waals surface area contributed by atoms with Gasteiger partial charge >= 0.3 is 0 Å². The monoisotopic (exact) mass is 284 g/mol. The van der Waals surface area contributed by atoms with Crippen molar-refractivity contribution in [3.63, 3.8) is 0 Å². The fourth-order valence-electron chi connectivity index (χ4n) is 2.26. The van der Waals surface area contributed by atoms with Crippen molar-refractivity contribution in [2.24, 2.45) is 0 Å². The van der Waals surface area contributed by atoms with Crippen LogP contribution in [0.15, 0.2) is 6.20 Å². The highest BCUT2D eigenvalue weighted by atomic mass is 16.5. The number of nitrogens with zero attached hydrogens (tertiary/aromatic N) is 2. The Balaban J connectivity index is 3.20. The lowest BCUT2D eigenvalue weighted by atomic mass is 9.88. The Bertz CT molecular complexity index is 422. The molecule has 1 rings (SSSR count). The first kappa shape index (κ1) is 16.7. The molecule has 0 spiro atoms. The molecular formula is C14H24N2O4. The molecule has 0 aliphatic heterocycles. The minimum absolute atomic E-state index is 0.253. The summed E-state index contributed by atoms with van der Waals surface area (Å²) >= 11 is 0. The number of rotatable bonds is 8. The molecule has 0 aliphatic carbocycles. The zero-order valence-corrected chi connectivity index (χ0v) is 12.8. The molecule has 0 amide bonds. The third kappa shape index (κ3) is 3.19. The van der Waals surface area contributed by atoms with Crippen molar-refractivity contribution in [3.8, 4) is 11.8 Å². The predicted molar refractivity (Wildman–Crippen MR) is 75.0 cm³/mol. The van der Waals surface area contributed by atoms with Crippen molar-refractivity contribution < 1.29 is 19.3 Å². The summed E-state index contributed by atoms with van der Waals surface area (Å²) in [6, 6.07) is 0. The van der Waals surface area contributed by atoms with Gasteiger partial charge in [-0.3, -0.25) is 0 Å². The Morgan fingerprint density at radius 1 is 1.20 bits per heavy atom.